The molecule has 0 saturated carbocycles. The van der Waals surface area contributed by atoms with Crippen molar-refractivity contribution < 1.29 is 8.91 Å². The van der Waals surface area contributed by atoms with E-state index < -0.39 is 0 Å². The van der Waals surface area contributed by atoms with Crippen LogP contribution in [-0.2, 0) is 25.8 Å². The third-order valence-electron chi connectivity index (χ3n) is 5.59. The predicted molar refractivity (Wildman–Crippen MR) is 125 cm³/mol. The maximum absolute atomic E-state index is 13.4. The normalized spacial score (nSPS) is 11.7. The average molecular weight is 529 g/mol. The summed E-state index contributed by atoms with van der Waals surface area (Å²) in [5.41, 5.74) is 1.45. The first-order valence-corrected chi connectivity index (χ1v) is 11.9. The molecule has 0 saturated heterocycles. The Hall–Kier alpha value is -3.41. The Bertz CT molecular complexity index is 1520. The van der Waals surface area contributed by atoms with Crippen molar-refractivity contribution >= 4 is 32.9 Å². The van der Waals surface area contributed by atoms with Crippen LogP contribution in [0, 0.1) is 5.82 Å². The van der Waals surface area contributed by atoms with E-state index in [1.54, 1.807) is 6.07 Å². The molecule has 0 radical (unpaired) electrons. The fourth-order valence-electron chi connectivity index (χ4n) is 3.98. The number of nitrogens with zero attached hydrogens (tertiary/aromatic N) is 7. The molecule has 1 aromatic carbocycles. The van der Waals surface area contributed by atoms with Gasteiger partial charge in [-0.3, -0.25) is 9.36 Å². The van der Waals surface area contributed by atoms with Gasteiger partial charge in [0.15, 0.2) is 21.7 Å². The summed E-state index contributed by atoms with van der Waals surface area (Å²) in [4.78, 5) is 25.0. The van der Waals surface area contributed by atoms with Crippen LogP contribution in [0.4, 0.5) is 4.39 Å². The van der Waals surface area contributed by atoms with Gasteiger partial charge in [-0.2, -0.15) is 4.98 Å². The number of aromatic nitrogens is 8. The molecular formula is C22H22BrFN8O2. The van der Waals surface area contributed by atoms with Gasteiger partial charge in [0, 0.05) is 25.8 Å². The molecule has 1 N–H and O–H groups in total. The fraction of sp³-hybridized carbons (Fsp3) is 0.364. The summed E-state index contributed by atoms with van der Waals surface area (Å²) in [6.07, 6.45) is 4.20. The van der Waals surface area contributed by atoms with Crippen LogP contribution in [0.3, 0.4) is 0 Å². The number of aromatic amines is 1. The Morgan fingerprint density at radius 1 is 1.18 bits per heavy atom. The number of hydrogen-bond donors (Lipinski definition) is 1. The number of unbranched alkanes of at least 4 members (excludes halogenated alkanes) is 2. The van der Waals surface area contributed by atoms with Crippen LogP contribution in [0.5, 0.6) is 0 Å². The molecule has 176 valence electrons. The first-order valence-electron chi connectivity index (χ1n) is 11.1. The number of fused-ring (bicyclic) bond motifs is 2. The zero-order valence-electron chi connectivity index (χ0n) is 18.5. The van der Waals surface area contributed by atoms with Gasteiger partial charge < -0.3 is 9.51 Å². The third kappa shape index (κ3) is 4.37. The lowest BCUT2D eigenvalue weighted by atomic mass is 10.1. The van der Waals surface area contributed by atoms with E-state index in [-0.39, 0.29) is 11.4 Å². The lowest BCUT2D eigenvalue weighted by Gasteiger charge is -2.09. The number of imidazole rings is 1. The van der Waals surface area contributed by atoms with Crippen LogP contribution in [0.2, 0.25) is 0 Å². The van der Waals surface area contributed by atoms with Crippen LogP contribution in [-0.4, -0.2) is 39.3 Å². The Morgan fingerprint density at radius 3 is 2.88 bits per heavy atom. The van der Waals surface area contributed by atoms with Crippen LogP contribution in [0.1, 0.15) is 49.3 Å². The van der Waals surface area contributed by atoms with Crippen molar-refractivity contribution in [1.29, 1.82) is 0 Å². The van der Waals surface area contributed by atoms with Crippen LogP contribution < -0.4 is 5.56 Å². The standard InChI is InChI=1S/C22H22BrFN8O2/c1-2-3-4-10-31-19-18(26-21(23)27-19)20(33)32-16(28-29-22(31)32)8-9-17-25-15(30-34-17)12-13-6-5-7-14(24)11-13/h5-7,11H,2-4,8-10,12H2,1H3,(H,26,27). The number of halogens is 2. The van der Waals surface area contributed by atoms with Crippen molar-refractivity contribution in [2.75, 3.05) is 0 Å². The summed E-state index contributed by atoms with van der Waals surface area (Å²) in [6.45, 7) is 2.81. The highest BCUT2D eigenvalue weighted by molar-refractivity contribution is 9.10. The number of nitrogens with one attached hydrogen (secondary N) is 1. The molecule has 5 rings (SSSR count). The molecule has 0 aliphatic carbocycles. The smallest absolute Gasteiger partial charge is 0.286 e. The lowest BCUT2D eigenvalue weighted by molar-refractivity contribution is 0.373. The maximum atomic E-state index is 13.4. The largest absolute Gasteiger partial charge is 0.339 e. The number of hydrogen-bond acceptors (Lipinski definition) is 7. The molecule has 0 bridgehead atoms. The van der Waals surface area contributed by atoms with E-state index in [1.807, 2.05) is 10.6 Å². The van der Waals surface area contributed by atoms with Crippen molar-refractivity contribution in [2.45, 2.75) is 52.0 Å². The van der Waals surface area contributed by atoms with E-state index in [2.05, 4.69) is 53.2 Å². The summed E-state index contributed by atoms with van der Waals surface area (Å²) in [5.74, 6) is 1.53. The number of aryl methyl sites for hydroxylation is 3. The highest BCUT2D eigenvalue weighted by atomic mass is 79.9. The summed E-state index contributed by atoms with van der Waals surface area (Å²) >= 11 is 3.33. The van der Waals surface area contributed by atoms with E-state index in [1.165, 1.54) is 16.5 Å². The monoisotopic (exact) mass is 528 g/mol. The second-order valence-electron chi connectivity index (χ2n) is 8.05. The van der Waals surface area contributed by atoms with Gasteiger partial charge in [0.1, 0.15) is 11.6 Å². The van der Waals surface area contributed by atoms with Gasteiger partial charge in [0.05, 0.1) is 0 Å². The third-order valence-corrected chi connectivity index (χ3v) is 5.97. The molecule has 4 aromatic heterocycles. The van der Waals surface area contributed by atoms with Crippen molar-refractivity contribution in [3.05, 3.63) is 68.3 Å². The molecular weight excluding hydrogens is 507 g/mol. The number of benzene rings is 1. The van der Waals surface area contributed by atoms with Gasteiger partial charge >= 0.3 is 0 Å². The molecule has 0 amide bonds. The molecule has 4 heterocycles. The Labute approximate surface area is 201 Å². The molecule has 0 atom stereocenters. The highest BCUT2D eigenvalue weighted by Gasteiger charge is 2.20. The summed E-state index contributed by atoms with van der Waals surface area (Å²) in [5, 5.41) is 12.6. The molecule has 0 spiro atoms. The summed E-state index contributed by atoms with van der Waals surface area (Å²) < 4.78 is 22.7. The van der Waals surface area contributed by atoms with E-state index >= 15 is 0 Å². The van der Waals surface area contributed by atoms with Crippen LogP contribution in [0.25, 0.3) is 16.9 Å². The Kier molecular flexibility index (Phi) is 6.22. The molecule has 5 aromatic rings. The molecule has 0 unspecified atom stereocenters. The maximum Gasteiger partial charge on any atom is 0.286 e. The lowest BCUT2D eigenvalue weighted by Crippen LogP contribution is -2.21. The summed E-state index contributed by atoms with van der Waals surface area (Å²) in [7, 11) is 0. The molecule has 0 fully saturated rings. The van der Waals surface area contributed by atoms with Gasteiger partial charge in [0.2, 0.25) is 11.7 Å². The molecule has 12 heteroatoms. The number of H-pyrrole nitrogens is 1. The molecule has 34 heavy (non-hydrogen) atoms. The zero-order valence-corrected chi connectivity index (χ0v) is 20.0. The van der Waals surface area contributed by atoms with Crippen LogP contribution >= 0.6 is 15.9 Å². The molecule has 0 aliphatic heterocycles. The van der Waals surface area contributed by atoms with E-state index in [9.17, 15) is 9.18 Å². The second-order valence-corrected chi connectivity index (χ2v) is 8.80. The SMILES string of the molecule is CCCCCn1c2nc(Br)[nH]c2c(=O)n2c(CCc3nc(Cc4cccc(F)c4)no3)nnc12. The van der Waals surface area contributed by atoms with Gasteiger partial charge in [0.25, 0.3) is 5.56 Å². The van der Waals surface area contributed by atoms with E-state index in [0.717, 1.165) is 24.8 Å². The molecule has 0 aliphatic rings. The van der Waals surface area contributed by atoms with Gasteiger partial charge in [-0.25, -0.2) is 13.8 Å². The number of rotatable bonds is 9. The van der Waals surface area contributed by atoms with Crippen molar-refractivity contribution in [3.8, 4) is 0 Å². The molecule has 10 nitrogen and oxygen atoms in total. The average Bonchev–Trinajstić information content (AvgIpc) is 3.53. The van der Waals surface area contributed by atoms with E-state index in [0.29, 0.717) is 65.0 Å². The predicted octanol–water partition coefficient (Wildman–Crippen LogP) is 3.62. The second kappa shape index (κ2) is 9.45. The first kappa shape index (κ1) is 22.4. The van der Waals surface area contributed by atoms with Gasteiger partial charge in [-0.05, 0) is 40.0 Å². The van der Waals surface area contributed by atoms with E-state index in [4.69, 9.17) is 4.52 Å². The van der Waals surface area contributed by atoms with Gasteiger partial charge in [-0.1, -0.05) is 37.1 Å². The van der Waals surface area contributed by atoms with Crippen molar-refractivity contribution in [1.82, 2.24) is 39.3 Å². The fourth-order valence-corrected chi connectivity index (χ4v) is 4.34. The first-order chi connectivity index (χ1) is 16.5. The zero-order chi connectivity index (χ0) is 23.7. The summed E-state index contributed by atoms with van der Waals surface area (Å²) in [6, 6.07) is 6.29. The van der Waals surface area contributed by atoms with Crippen molar-refractivity contribution in [3.63, 3.8) is 0 Å². The Balaban J connectivity index is 1.40. The van der Waals surface area contributed by atoms with Crippen LogP contribution in [0.15, 0.2) is 38.3 Å². The quantitative estimate of drug-likeness (QED) is 0.229. The van der Waals surface area contributed by atoms with Gasteiger partial charge in [-0.15, -0.1) is 10.2 Å². The highest BCUT2D eigenvalue weighted by Crippen LogP contribution is 2.17. The minimum Gasteiger partial charge on any atom is -0.339 e. The van der Waals surface area contributed by atoms with Crippen molar-refractivity contribution in [2.24, 2.45) is 0 Å². The Morgan fingerprint density at radius 2 is 2.06 bits per heavy atom. The topological polar surface area (TPSA) is 120 Å². The minimum absolute atomic E-state index is 0.257. The minimum atomic E-state index is -0.307.